The van der Waals surface area contributed by atoms with Crippen LogP contribution in [0.5, 0.6) is 0 Å². The van der Waals surface area contributed by atoms with Gasteiger partial charge in [0.1, 0.15) is 0 Å². The Bertz CT molecular complexity index is 124. The third-order valence-electron chi connectivity index (χ3n) is 2.10. The molecule has 1 aliphatic rings. The third-order valence-corrected chi connectivity index (χ3v) is 2.10. The molecule has 0 nitrogen and oxygen atoms in total. The minimum atomic E-state index is -3.95. The molecule has 0 N–H and O–H groups in total. The second kappa shape index (κ2) is 4.15. The zero-order chi connectivity index (χ0) is 9.03. The maximum absolute atomic E-state index is 11.6. The van der Waals surface area contributed by atoms with E-state index in [1.165, 1.54) is 6.42 Å². The highest BCUT2D eigenvalue weighted by molar-refractivity contribution is 4.93. The van der Waals surface area contributed by atoms with Gasteiger partial charge in [-0.3, -0.25) is 0 Å². The summed E-state index contributed by atoms with van der Waals surface area (Å²) >= 11 is 0. The van der Waals surface area contributed by atoms with Crippen LogP contribution < -0.4 is 0 Å². The maximum Gasteiger partial charge on any atom is 0.389 e. The van der Waals surface area contributed by atoms with E-state index < -0.39 is 12.6 Å². The van der Waals surface area contributed by atoms with Gasteiger partial charge in [-0.05, 0) is 25.2 Å². The summed E-state index contributed by atoms with van der Waals surface area (Å²) in [5.74, 6) is 0.732. The van der Waals surface area contributed by atoms with Crippen molar-refractivity contribution >= 4 is 0 Å². The number of halogens is 3. The van der Waals surface area contributed by atoms with E-state index in [4.69, 9.17) is 0 Å². The molecule has 71 valence electrons. The average molecular weight is 179 g/mol. The van der Waals surface area contributed by atoms with Gasteiger partial charge in [0.15, 0.2) is 0 Å². The molecule has 1 unspecified atom stereocenters. The molecule has 0 aromatic rings. The van der Waals surface area contributed by atoms with Crippen LogP contribution in [0.2, 0.25) is 0 Å². The van der Waals surface area contributed by atoms with Crippen LogP contribution in [0.3, 0.4) is 0 Å². The van der Waals surface area contributed by atoms with Crippen LogP contribution in [0.4, 0.5) is 13.2 Å². The van der Waals surface area contributed by atoms with Crippen molar-refractivity contribution in [3.05, 3.63) is 6.42 Å². The molecule has 0 saturated heterocycles. The summed E-state index contributed by atoms with van der Waals surface area (Å²) in [5.41, 5.74) is 0. The first-order chi connectivity index (χ1) is 5.58. The van der Waals surface area contributed by atoms with Gasteiger partial charge in [-0.1, -0.05) is 19.3 Å². The van der Waals surface area contributed by atoms with Gasteiger partial charge in [-0.2, -0.15) is 13.2 Å². The fourth-order valence-corrected chi connectivity index (χ4v) is 1.24. The topological polar surface area (TPSA) is 0 Å². The molecule has 1 fully saturated rings. The van der Waals surface area contributed by atoms with Crippen molar-refractivity contribution < 1.29 is 13.2 Å². The number of unbranched alkanes of at least 4 members (excludes halogenated alkanes) is 2. The second-order valence-corrected chi connectivity index (χ2v) is 3.45. The van der Waals surface area contributed by atoms with Crippen LogP contribution in [0.25, 0.3) is 0 Å². The quantitative estimate of drug-likeness (QED) is 0.564. The lowest BCUT2D eigenvalue weighted by Crippen LogP contribution is -2.06. The standard InChI is InChI=1S/C9H14F3/c10-9(11,12)7-3-1-2-4-8-5-6-8/h5,8H,1-4,6-7H2. The van der Waals surface area contributed by atoms with Gasteiger partial charge < -0.3 is 0 Å². The fraction of sp³-hybridized carbons (Fsp3) is 0.889. The third kappa shape index (κ3) is 5.44. The van der Waals surface area contributed by atoms with Gasteiger partial charge in [-0.25, -0.2) is 0 Å². The van der Waals surface area contributed by atoms with Gasteiger partial charge >= 0.3 is 6.18 Å². The molecule has 1 rings (SSSR count). The molecule has 1 aliphatic carbocycles. The van der Waals surface area contributed by atoms with Crippen molar-refractivity contribution in [3.63, 3.8) is 0 Å². The van der Waals surface area contributed by atoms with Crippen molar-refractivity contribution in [2.75, 3.05) is 0 Å². The van der Waals surface area contributed by atoms with Crippen LogP contribution in [0, 0.1) is 12.3 Å². The van der Waals surface area contributed by atoms with E-state index in [1.807, 2.05) is 0 Å². The van der Waals surface area contributed by atoms with E-state index in [2.05, 4.69) is 6.42 Å². The Morgan fingerprint density at radius 1 is 1.17 bits per heavy atom. The Labute approximate surface area is 71.1 Å². The van der Waals surface area contributed by atoms with Crippen LogP contribution in [0.1, 0.15) is 38.5 Å². The van der Waals surface area contributed by atoms with Crippen molar-refractivity contribution in [1.29, 1.82) is 0 Å². The van der Waals surface area contributed by atoms with Crippen LogP contribution in [0.15, 0.2) is 0 Å². The number of hydrogen-bond donors (Lipinski definition) is 0. The minimum absolute atomic E-state index is 0.302. The molecule has 0 aliphatic heterocycles. The van der Waals surface area contributed by atoms with Crippen molar-refractivity contribution in [2.24, 2.45) is 5.92 Å². The van der Waals surface area contributed by atoms with Crippen LogP contribution >= 0.6 is 0 Å². The molecule has 12 heavy (non-hydrogen) atoms. The van der Waals surface area contributed by atoms with E-state index in [0.29, 0.717) is 6.42 Å². The van der Waals surface area contributed by atoms with E-state index in [0.717, 1.165) is 25.2 Å². The molecule has 1 atom stereocenters. The maximum atomic E-state index is 11.6. The molecule has 1 saturated carbocycles. The van der Waals surface area contributed by atoms with Gasteiger partial charge in [0.2, 0.25) is 0 Å². The van der Waals surface area contributed by atoms with Gasteiger partial charge in [0, 0.05) is 6.42 Å². The lowest BCUT2D eigenvalue weighted by atomic mass is 10.1. The van der Waals surface area contributed by atoms with Gasteiger partial charge in [-0.15, -0.1) is 0 Å². The molecule has 0 bridgehead atoms. The molecule has 0 aromatic heterocycles. The SMILES string of the molecule is FC(F)(F)CCCCCC1[CH]C1. The molecule has 3 heteroatoms. The summed E-state index contributed by atoms with van der Waals surface area (Å²) < 4.78 is 34.9. The summed E-state index contributed by atoms with van der Waals surface area (Å²) in [7, 11) is 0. The monoisotopic (exact) mass is 179 g/mol. The average Bonchev–Trinajstić information content (AvgIpc) is 2.68. The normalized spacial score (nSPS) is 18.2. The van der Waals surface area contributed by atoms with E-state index in [-0.39, 0.29) is 0 Å². The van der Waals surface area contributed by atoms with E-state index in [1.54, 1.807) is 0 Å². The number of hydrogen-bond acceptors (Lipinski definition) is 0. The summed E-state index contributed by atoms with van der Waals surface area (Å²) in [6.45, 7) is 0. The zero-order valence-electron chi connectivity index (χ0n) is 7.03. The number of rotatable bonds is 5. The molecule has 0 aromatic carbocycles. The van der Waals surface area contributed by atoms with Crippen molar-refractivity contribution in [2.45, 2.75) is 44.7 Å². The summed E-state index contributed by atoms with van der Waals surface area (Å²) in [6.07, 6.45) is 1.91. The largest absolute Gasteiger partial charge is 0.389 e. The Morgan fingerprint density at radius 2 is 1.83 bits per heavy atom. The lowest BCUT2D eigenvalue weighted by molar-refractivity contribution is -0.135. The number of alkyl halides is 3. The molecular formula is C9H14F3. The fourth-order valence-electron chi connectivity index (χ4n) is 1.24. The second-order valence-electron chi connectivity index (χ2n) is 3.45. The summed E-state index contributed by atoms with van der Waals surface area (Å²) in [4.78, 5) is 0. The first-order valence-electron chi connectivity index (χ1n) is 4.48. The molecule has 1 radical (unpaired) electrons. The Morgan fingerprint density at radius 3 is 2.33 bits per heavy atom. The minimum Gasteiger partial charge on any atom is -0.171 e. The van der Waals surface area contributed by atoms with Crippen LogP contribution in [-0.2, 0) is 0 Å². The molecule has 0 heterocycles. The summed E-state index contributed by atoms with van der Waals surface area (Å²) in [6, 6.07) is 0. The van der Waals surface area contributed by atoms with E-state index in [9.17, 15) is 13.2 Å². The smallest absolute Gasteiger partial charge is 0.171 e. The highest BCUT2D eigenvalue weighted by Crippen LogP contribution is 2.33. The Balaban J connectivity index is 1.82. The Hall–Kier alpha value is -0.210. The lowest BCUT2D eigenvalue weighted by Gasteiger charge is -2.04. The first kappa shape index (κ1) is 9.87. The van der Waals surface area contributed by atoms with Crippen molar-refractivity contribution in [3.8, 4) is 0 Å². The van der Waals surface area contributed by atoms with Crippen molar-refractivity contribution in [1.82, 2.24) is 0 Å². The molecule has 0 amide bonds. The van der Waals surface area contributed by atoms with Gasteiger partial charge in [0.25, 0.3) is 0 Å². The highest BCUT2D eigenvalue weighted by atomic mass is 19.4. The molecule has 0 spiro atoms. The zero-order valence-corrected chi connectivity index (χ0v) is 7.03. The highest BCUT2D eigenvalue weighted by Gasteiger charge is 2.26. The predicted octanol–water partition coefficient (Wildman–Crippen LogP) is 3.72. The Kier molecular flexibility index (Phi) is 3.41. The summed E-state index contributed by atoms with van der Waals surface area (Å²) in [5, 5.41) is 0. The molecular weight excluding hydrogens is 165 g/mol. The first-order valence-corrected chi connectivity index (χ1v) is 4.48. The predicted molar refractivity (Wildman–Crippen MR) is 41.5 cm³/mol. The van der Waals surface area contributed by atoms with E-state index >= 15 is 0 Å². The van der Waals surface area contributed by atoms with Crippen LogP contribution in [-0.4, -0.2) is 6.18 Å². The van der Waals surface area contributed by atoms with Gasteiger partial charge in [0.05, 0.1) is 0 Å².